The van der Waals surface area contributed by atoms with E-state index in [0.29, 0.717) is 19.7 Å². The van der Waals surface area contributed by atoms with Crippen molar-refractivity contribution in [1.29, 1.82) is 0 Å². The standard InChI is InChI=1S/C18H24FN3O3S/c1-14-17(7-8-22(14)21-9-11-26(23,24)12-10-21)20-18(13-25-2)15-3-5-16(19)6-4-15/h3-8,18,20H,9-13H2,1-2H3/t18-/m1/s1. The number of sulfone groups is 1. The van der Waals surface area contributed by atoms with Gasteiger partial charge in [0.25, 0.3) is 0 Å². The molecule has 26 heavy (non-hydrogen) atoms. The maximum atomic E-state index is 13.2. The fourth-order valence-corrected chi connectivity index (χ4v) is 4.33. The average Bonchev–Trinajstić information content (AvgIpc) is 2.96. The van der Waals surface area contributed by atoms with Crippen LogP contribution >= 0.6 is 0 Å². The van der Waals surface area contributed by atoms with Crippen molar-refractivity contribution < 1.29 is 17.5 Å². The molecule has 142 valence electrons. The maximum Gasteiger partial charge on any atom is 0.153 e. The molecule has 1 aromatic carbocycles. The van der Waals surface area contributed by atoms with Crippen LogP contribution in [0.2, 0.25) is 0 Å². The number of nitrogens with one attached hydrogen (secondary N) is 1. The second kappa shape index (κ2) is 7.67. The van der Waals surface area contributed by atoms with Gasteiger partial charge in [-0.25, -0.2) is 12.8 Å². The Hall–Kier alpha value is -2.06. The van der Waals surface area contributed by atoms with Gasteiger partial charge >= 0.3 is 0 Å². The summed E-state index contributed by atoms with van der Waals surface area (Å²) in [6.45, 7) is 3.39. The minimum Gasteiger partial charge on any atom is -0.382 e. The molecule has 0 bridgehead atoms. The van der Waals surface area contributed by atoms with E-state index in [0.717, 1.165) is 16.9 Å². The Labute approximate surface area is 153 Å². The quantitative estimate of drug-likeness (QED) is 0.830. The zero-order valence-electron chi connectivity index (χ0n) is 15.0. The molecule has 1 saturated heterocycles. The minimum atomic E-state index is -2.91. The lowest BCUT2D eigenvalue weighted by Gasteiger charge is -2.31. The lowest BCUT2D eigenvalue weighted by Crippen LogP contribution is -2.46. The zero-order valence-corrected chi connectivity index (χ0v) is 15.8. The van der Waals surface area contributed by atoms with Crippen molar-refractivity contribution in [3.63, 3.8) is 0 Å². The lowest BCUT2D eigenvalue weighted by molar-refractivity contribution is 0.186. The molecule has 6 nitrogen and oxygen atoms in total. The number of halogens is 1. The molecule has 1 atom stereocenters. The first-order valence-electron chi connectivity index (χ1n) is 8.54. The first-order valence-corrected chi connectivity index (χ1v) is 10.4. The number of aromatic nitrogens is 1. The summed E-state index contributed by atoms with van der Waals surface area (Å²) in [5.41, 5.74) is 2.86. The van der Waals surface area contributed by atoms with Crippen molar-refractivity contribution in [2.24, 2.45) is 0 Å². The highest BCUT2D eigenvalue weighted by molar-refractivity contribution is 7.91. The first-order chi connectivity index (χ1) is 12.4. The van der Waals surface area contributed by atoms with Crippen LogP contribution in [0.1, 0.15) is 17.3 Å². The second-order valence-corrected chi connectivity index (χ2v) is 8.77. The molecule has 1 aliphatic heterocycles. The molecule has 1 aromatic heterocycles. The summed E-state index contributed by atoms with van der Waals surface area (Å²) in [6, 6.07) is 8.21. The van der Waals surface area contributed by atoms with Gasteiger partial charge in [0.2, 0.25) is 0 Å². The molecule has 1 N–H and O–H groups in total. The molecule has 3 rings (SSSR count). The summed E-state index contributed by atoms with van der Waals surface area (Å²) in [6.07, 6.45) is 1.93. The van der Waals surface area contributed by atoms with Crippen LogP contribution in [-0.2, 0) is 14.6 Å². The fourth-order valence-electron chi connectivity index (χ4n) is 3.15. The van der Waals surface area contributed by atoms with E-state index in [1.165, 1.54) is 12.1 Å². The van der Waals surface area contributed by atoms with Crippen LogP contribution in [0.3, 0.4) is 0 Å². The van der Waals surface area contributed by atoms with Crippen LogP contribution in [0.25, 0.3) is 0 Å². The molecular weight excluding hydrogens is 357 g/mol. The summed E-state index contributed by atoms with van der Waals surface area (Å²) in [5, 5.41) is 5.48. The average molecular weight is 381 g/mol. The lowest BCUT2D eigenvalue weighted by atomic mass is 10.1. The number of benzene rings is 1. The molecule has 0 aliphatic carbocycles. The molecule has 0 spiro atoms. The van der Waals surface area contributed by atoms with Gasteiger partial charge in [0, 0.05) is 26.4 Å². The number of methoxy groups -OCH3 is 1. The van der Waals surface area contributed by atoms with Crippen LogP contribution in [0.15, 0.2) is 36.5 Å². The van der Waals surface area contributed by atoms with E-state index in [-0.39, 0.29) is 23.4 Å². The number of rotatable bonds is 6. The van der Waals surface area contributed by atoms with Crippen molar-refractivity contribution in [2.45, 2.75) is 13.0 Å². The zero-order chi connectivity index (χ0) is 18.7. The number of anilines is 1. The second-order valence-electron chi connectivity index (χ2n) is 6.47. The van der Waals surface area contributed by atoms with E-state index >= 15 is 0 Å². The van der Waals surface area contributed by atoms with E-state index in [9.17, 15) is 12.8 Å². The summed E-state index contributed by atoms with van der Waals surface area (Å²) in [4.78, 5) is 0. The summed E-state index contributed by atoms with van der Waals surface area (Å²) in [7, 11) is -1.28. The van der Waals surface area contributed by atoms with Crippen molar-refractivity contribution in [3.8, 4) is 0 Å². The highest BCUT2D eigenvalue weighted by atomic mass is 32.2. The maximum absolute atomic E-state index is 13.2. The van der Waals surface area contributed by atoms with Gasteiger partial charge in [0.1, 0.15) is 5.82 Å². The molecule has 0 amide bonds. The molecular formula is C18H24FN3O3S. The van der Waals surface area contributed by atoms with Crippen LogP contribution in [0, 0.1) is 12.7 Å². The summed E-state index contributed by atoms with van der Waals surface area (Å²) >= 11 is 0. The molecule has 2 heterocycles. The van der Waals surface area contributed by atoms with Crippen LogP contribution < -0.4 is 10.3 Å². The Bertz CT molecular complexity index is 835. The molecule has 0 saturated carbocycles. The van der Waals surface area contributed by atoms with Crippen LogP contribution in [0.5, 0.6) is 0 Å². The SMILES string of the molecule is COC[C@@H](Nc1ccn(N2CCS(=O)(=O)CC2)c1C)c1ccc(F)cc1. The monoisotopic (exact) mass is 381 g/mol. The van der Waals surface area contributed by atoms with Gasteiger partial charge in [0.05, 0.1) is 35.5 Å². The Kier molecular flexibility index (Phi) is 5.52. The predicted octanol–water partition coefficient (Wildman–Crippen LogP) is 2.10. The molecule has 1 aliphatic rings. The topological polar surface area (TPSA) is 63.6 Å². The largest absolute Gasteiger partial charge is 0.382 e. The van der Waals surface area contributed by atoms with Crippen LogP contribution in [-0.4, -0.2) is 51.4 Å². The molecule has 1 fully saturated rings. The third kappa shape index (κ3) is 4.19. The van der Waals surface area contributed by atoms with Gasteiger partial charge in [-0.1, -0.05) is 12.1 Å². The highest BCUT2D eigenvalue weighted by Crippen LogP contribution is 2.24. The highest BCUT2D eigenvalue weighted by Gasteiger charge is 2.23. The van der Waals surface area contributed by atoms with Gasteiger partial charge in [-0.3, -0.25) is 4.68 Å². The Balaban J connectivity index is 1.76. The number of nitrogens with zero attached hydrogens (tertiary/aromatic N) is 2. The summed E-state index contributed by atoms with van der Waals surface area (Å²) in [5.74, 6) is 0.0807. The van der Waals surface area contributed by atoms with E-state index in [4.69, 9.17) is 4.74 Å². The number of hydrogen-bond acceptors (Lipinski definition) is 5. The normalized spacial score (nSPS) is 17.9. The van der Waals surface area contributed by atoms with E-state index in [2.05, 4.69) is 5.32 Å². The molecule has 0 radical (unpaired) electrons. The predicted molar refractivity (Wildman–Crippen MR) is 100 cm³/mol. The van der Waals surface area contributed by atoms with Crippen molar-refractivity contribution >= 4 is 15.5 Å². The molecule has 8 heteroatoms. The van der Waals surface area contributed by atoms with Crippen LogP contribution in [0.4, 0.5) is 10.1 Å². The third-order valence-corrected chi connectivity index (χ3v) is 6.29. The minimum absolute atomic E-state index is 0.114. The van der Waals surface area contributed by atoms with Gasteiger partial charge in [-0.15, -0.1) is 0 Å². The summed E-state index contributed by atoms with van der Waals surface area (Å²) < 4.78 is 43.7. The Morgan fingerprint density at radius 1 is 1.19 bits per heavy atom. The van der Waals surface area contributed by atoms with E-state index in [1.54, 1.807) is 19.2 Å². The smallest absolute Gasteiger partial charge is 0.153 e. The van der Waals surface area contributed by atoms with Crippen molar-refractivity contribution in [1.82, 2.24) is 4.68 Å². The van der Waals surface area contributed by atoms with Crippen molar-refractivity contribution in [2.75, 3.05) is 48.6 Å². The molecule has 0 unspecified atom stereocenters. The van der Waals surface area contributed by atoms with Gasteiger partial charge in [-0.05, 0) is 30.7 Å². The van der Waals surface area contributed by atoms with Gasteiger partial charge < -0.3 is 15.1 Å². The number of ether oxygens (including phenoxy) is 1. The van der Waals surface area contributed by atoms with E-state index < -0.39 is 9.84 Å². The first kappa shape index (κ1) is 18.7. The van der Waals surface area contributed by atoms with Gasteiger partial charge in [-0.2, -0.15) is 0 Å². The third-order valence-electron chi connectivity index (χ3n) is 4.68. The van der Waals surface area contributed by atoms with E-state index in [1.807, 2.05) is 28.9 Å². The van der Waals surface area contributed by atoms with Crippen molar-refractivity contribution in [3.05, 3.63) is 53.6 Å². The molecule has 2 aromatic rings. The number of hydrogen-bond donors (Lipinski definition) is 1. The fraction of sp³-hybridized carbons (Fsp3) is 0.444. The van der Waals surface area contributed by atoms with Gasteiger partial charge in [0.15, 0.2) is 9.84 Å². The Morgan fingerprint density at radius 2 is 1.85 bits per heavy atom. The Morgan fingerprint density at radius 3 is 2.46 bits per heavy atom.